The van der Waals surface area contributed by atoms with Crippen LogP contribution in [0.15, 0.2) is 29.3 Å². The molecular weight excluding hydrogens is 471 g/mol. The first-order valence-electron chi connectivity index (χ1n) is 9.77. The van der Waals surface area contributed by atoms with Gasteiger partial charge in [0.25, 0.3) is 5.69 Å². The van der Waals surface area contributed by atoms with E-state index in [1.807, 2.05) is 6.92 Å². The topological polar surface area (TPSA) is 94.8 Å². The van der Waals surface area contributed by atoms with Crippen molar-refractivity contribution in [2.75, 3.05) is 38.0 Å². The second-order valence-corrected chi connectivity index (χ2v) is 7.01. The van der Waals surface area contributed by atoms with Gasteiger partial charge in [0, 0.05) is 44.3 Å². The number of benzene rings is 1. The zero-order valence-corrected chi connectivity index (χ0v) is 19.3. The maximum Gasteiger partial charge on any atom is 0.292 e. The van der Waals surface area contributed by atoms with Gasteiger partial charge in [-0.3, -0.25) is 15.1 Å². The lowest BCUT2D eigenvalue weighted by Crippen LogP contribution is -2.50. The van der Waals surface area contributed by atoms with Gasteiger partial charge in [0.15, 0.2) is 5.96 Å². The number of nitrogens with one attached hydrogen (secondary N) is 3. The Morgan fingerprint density at radius 2 is 2.00 bits per heavy atom. The molecule has 1 saturated heterocycles. The number of aliphatic imine (C=N–C) groups is 1. The van der Waals surface area contributed by atoms with Gasteiger partial charge < -0.3 is 20.9 Å². The average molecular weight is 504 g/mol. The van der Waals surface area contributed by atoms with Crippen LogP contribution in [0.1, 0.15) is 33.6 Å². The highest BCUT2D eigenvalue weighted by atomic mass is 127. The van der Waals surface area contributed by atoms with Gasteiger partial charge in [0.2, 0.25) is 0 Å². The zero-order chi connectivity index (χ0) is 19.6. The molecular formula is C19H33IN6O2. The molecule has 0 spiro atoms. The Balaban J connectivity index is 0.00000392. The summed E-state index contributed by atoms with van der Waals surface area (Å²) in [6.45, 7) is 10.6. The molecule has 0 atom stereocenters. The van der Waals surface area contributed by atoms with Crippen molar-refractivity contribution in [3.05, 3.63) is 34.4 Å². The molecule has 3 N–H and O–H groups in total. The summed E-state index contributed by atoms with van der Waals surface area (Å²) in [6.07, 6.45) is 2.22. The maximum absolute atomic E-state index is 11.0. The molecule has 1 aliphatic rings. The third-order valence-electron chi connectivity index (χ3n) is 4.74. The standard InChI is InChI=1S/C19H32N6O2.HI/c1-4-20-19(23-16-9-13-24(14-10-16)15(2)3)22-12-11-21-17-7-5-6-8-18(17)25(26)27;/h5-8,15-16,21H,4,9-14H2,1-3H3,(H2,20,22,23);1H. The van der Waals surface area contributed by atoms with Gasteiger partial charge >= 0.3 is 0 Å². The minimum Gasteiger partial charge on any atom is -0.378 e. The normalized spacial score (nSPS) is 15.8. The Hall–Kier alpha value is -1.62. The molecule has 9 heteroatoms. The highest BCUT2D eigenvalue weighted by Crippen LogP contribution is 2.22. The van der Waals surface area contributed by atoms with Crippen LogP contribution in [0.25, 0.3) is 0 Å². The van der Waals surface area contributed by atoms with Crippen molar-refractivity contribution in [2.45, 2.75) is 45.7 Å². The molecule has 0 amide bonds. The zero-order valence-electron chi connectivity index (χ0n) is 17.0. The summed E-state index contributed by atoms with van der Waals surface area (Å²) in [5.41, 5.74) is 0.611. The van der Waals surface area contributed by atoms with Crippen molar-refractivity contribution in [3.63, 3.8) is 0 Å². The summed E-state index contributed by atoms with van der Waals surface area (Å²) in [5.74, 6) is 0.810. The van der Waals surface area contributed by atoms with Crippen LogP contribution in [-0.2, 0) is 0 Å². The number of hydrogen-bond donors (Lipinski definition) is 3. The van der Waals surface area contributed by atoms with E-state index in [0.717, 1.165) is 38.4 Å². The number of guanidine groups is 1. The molecule has 1 aliphatic heterocycles. The largest absolute Gasteiger partial charge is 0.378 e. The van der Waals surface area contributed by atoms with Crippen LogP contribution < -0.4 is 16.0 Å². The summed E-state index contributed by atoms with van der Waals surface area (Å²) >= 11 is 0. The number of anilines is 1. The van der Waals surface area contributed by atoms with E-state index in [-0.39, 0.29) is 34.6 Å². The van der Waals surface area contributed by atoms with E-state index in [9.17, 15) is 10.1 Å². The Labute approximate surface area is 184 Å². The van der Waals surface area contributed by atoms with Crippen molar-refractivity contribution in [1.82, 2.24) is 15.5 Å². The van der Waals surface area contributed by atoms with Gasteiger partial charge in [-0.2, -0.15) is 0 Å². The minimum absolute atomic E-state index is 0. The number of nitro groups is 1. The monoisotopic (exact) mass is 504 g/mol. The SMILES string of the molecule is CCNC(=NCCNc1ccccc1[N+](=O)[O-])NC1CCN(C(C)C)CC1.I. The molecule has 0 aromatic heterocycles. The number of nitrogens with zero attached hydrogens (tertiary/aromatic N) is 3. The van der Waals surface area contributed by atoms with E-state index < -0.39 is 0 Å². The van der Waals surface area contributed by atoms with E-state index in [2.05, 4.69) is 39.7 Å². The number of hydrogen-bond acceptors (Lipinski definition) is 5. The van der Waals surface area contributed by atoms with Crippen molar-refractivity contribution < 1.29 is 4.92 Å². The molecule has 0 radical (unpaired) electrons. The van der Waals surface area contributed by atoms with Gasteiger partial charge in [-0.15, -0.1) is 24.0 Å². The van der Waals surface area contributed by atoms with Crippen LogP contribution in [0.3, 0.4) is 0 Å². The molecule has 158 valence electrons. The van der Waals surface area contributed by atoms with Crippen LogP contribution in [0.2, 0.25) is 0 Å². The number of nitro benzene ring substituents is 1. The quantitative estimate of drug-likeness (QED) is 0.126. The van der Waals surface area contributed by atoms with E-state index in [1.54, 1.807) is 18.2 Å². The third-order valence-corrected chi connectivity index (χ3v) is 4.74. The molecule has 0 unspecified atom stereocenters. The second kappa shape index (κ2) is 12.8. The van der Waals surface area contributed by atoms with Gasteiger partial charge in [0.05, 0.1) is 11.5 Å². The lowest BCUT2D eigenvalue weighted by atomic mass is 10.0. The van der Waals surface area contributed by atoms with Crippen molar-refractivity contribution in [1.29, 1.82) is 0 Å². The van der Waals surface area contributed by atoms with Crippen molar-refractivity contribution in [2.24, 2.45) is 4.99 Å². The van der Waals surface area contributed by atoms with Crippen LogP contribution in [0, 0.1) is 10.1 Å². The van der Waals surface area contributed by atoms with E-state index >= 15 is 0 Å². The Bertz CT molecular complexity index is 633. The molecule has 8 nitrogen and oxygen atoms in total. The Morgan fingerprint density at radius 1 is 1.32 bits per heavy atom. The minimum atomic E-state index is -0.374. The Morgan fingerprint density at radius 3 is 2.61 bits per heavy atom. The third kappa shape index (κ3) is 7.78. The fourth-order valence-electron chi connectivity index (χ4n) is 3.21. The molecule has 2 rings (SSSR count). The summed E-state index contributed by atoms with van der Waals surface area (Å²) in [4.78, 5) is 17.8. The first-order valence-corrected chi connectivity index (χ1v) is 9.77. The molecule has 1 fully saturated rings. The van der Waals surface area contributed by atoms with E-state index in [1.165, 1.54) is 6.07 Å². The number of halogens is 1. The fourth-order valence-corrected chi connectivity index (χ4v) is 3.21. The summed E-state index contributed by atoms with van der Waals surface area (Å²) < 4.78 is 0. The predicted molar refractivity (Wildman–Crippen MR) is 126 cm³/mol. The summed E-state index contributed by atoms with van der Waals surface area (Å²) in [5, 5.41) is 21.0. The lowest BCUT2D eigenvalue weighted by Gasteiger charge is -2.35. The average Bonchev–Trinajstić information content (AvgIpc) is 2.66. The van der Waals surface area contributed by atoms with Crippen molar-refractivity contribution >= 4 is 41.3 Å². The van der Waals surface area contributed by atoms with Crippen LogP contribution in [-0.4, -0.2) is 60.6 Å². The molecule has 1 heterocycles. The first-order chi connectivity index (χ1) is 13.0. The Kier molecular flexibility index (Phi) is 11.1. The number of para-hydroxylation sites is 2. The number of rotatable bonds is 8. The lowest BCUT2D eigenvalue weighted by molar-refractivity contribution is -0.384. The summed E-state index contributed by atoms with van der Waals surface area (Å²) in [7, 11) is 0. The number of likely N-dealkylation sites (tertiary alicyclic amines) is 1. The van der Waals surface area contributed by atoms with Gasteiger partial charge in [-0.25, -0.2) is 0 Å². The van der Waals surface area contributed by atoms with Crippen molar-refractivity contribution in [3.8, 4) is 0 Å². The van der Waals surface area contributed by atoms with Crippen LogP contribution in [0.5, 0.6) is 0 Å². The maximum atomic E-state index is 11.0. The molecule has 0 aliphatic carbocycles. The second-order valence-electron chi connectivity index (χ2n) is 7.01. The fraction of sp³-hybridized carbons (Fsp3) is 0.632. The van der Waals surface area contributed by atoms with Crippen LogP contribution >= 0.6 is 24.0 Å². The predicted octanol–water partition coefficient (Wildman–Crippen LogP) is 3.05. The van der Waals surface area contributed by atoms with E-state index in [4.69, 9.17) is 0 Å². The molecule has 28 heavy (non-hydrogen) atoms. The molecule has 1 aromatic rings. The summed E-state index contributed by atoms with van der Waals surface area (Å²) in [6, 6.07) is 7.70. The van der Waals surface area contributed by atoms with E-state index in [0.29, 0.717) is 30.9 Å². The van der Waals surface area contributed by atoms with Crippen LogP contribution in [0.4, 0.5) is 11.4 Å². The highest BCUT2D eigenvalue weighted by Gasteiger charge is 2.21. The highest BCUT2D eigenvalue weighted by molar-refractivity contribution is 14.0. The smallest absolute Gasteiger partial charge is 0.292 e. The van der Waals surface area contributed by atoms with Gasteiger partial charge in [0.1, 0.15) is 5.69 Å². The number of piperidine rings is 1. The first kappa shape index (κ1) is 24.4. The van der Waals surface area contributed by atoms with Gasteiger partial charge in [-0.05, 0) is 39.7 Å². The van der Waals surface area contributed by atoms with Gasteiger partial charge in [-0.1, -0.05) is 12.1 Å². The molecule has 0 bridgehead atoms. The molecule has 1 aromatic carbocycles. The molecule has 0 saturated carbocycles.